The molecule has 2 amide bonds. The minimum absolute atomic E-state index is 0.0592. The number of benzene rings is 4. The van der Waals surface area contributed by atoms with Gasteiger partial charge in [-0.3, -0.25) is 9.59 Å². The molecule has 0 saturated carbocycles. The van der Waals surface area contributed by atoms with Crippen LogP contribution in [0.25, 0.3) is 0 Å². The van der Waals surface area contributed by atoms with Crippen LogP contribution in [0.5, 0.6) is 0 Å². The van der Waals surface area contributed by atoms with E-state index in [0.717, 1.165) is 17.5 Å². The van der Waals surface area contributed by atoms with Crippen molar-refractivity contribution in [2.45, 2.75) is 19.4 Å². The van der Waals surface area contributed by atoms with Gasteiger partial charge < -0.3 is 10.2 Å². The van der Waals surface area contributed by atoms with E-state index in [4.69, 9.17) is 5.26 Å². The molecule has 4 aromatic carbocycles. The van der Waals surface area contributed by atoms with Crippen LogP contribution >= 0.6 is 0 Å². The van der Waals surface area contributed by atoms with Gasteiger partial charge in [0.15, 0.2) is 0 Å². The fourth-order valence-corrected chi connectivity index (χ4v) is 3.96. The lowest BCUT2D eigenvalue weighted by atomic mass is 10.1. The molecule has 0 heterocycles. The standard InChI is InChI=1S/C31H27N3O2/c32-22-25-14-16-28(17-15-25)31(36)34(23-26-10-5-2-6-11-26)29-13-7-12-27(20-29)21-30(35)33-19-18-24-8-3-1-4-9-24/h1-17,20H,18-19,21,23H2,(H,33,35). The van der Waals surface area contributed by atoms with Crippen LogP contribution in [0.1, 0.15) is 32.6 Å². The van der Waals surface area contributed by atoms with E-state index in [2.05, 4.69) is 11.4 Å². The average molecular weight is 474 g/mol. The van der Waals surface area contributed by atoms with E-state index >= 15 is 0 Å². The first-order chi connectivity index (χ1) is 17.6. The summed E-state index contributed by atoms with van der Waals surface area (Å²) in [5, 5.41) is 12.1. The monoisotopic (exact) mass is 473 g/mol. The lowest BCUT2D eigenvalue weighted by molar-refractivity contribution is -0.120. The molecular formula is C31H27N3O2. The molecule has 0 aliphatic rings. The van der Waals surface area contributed by atoms with E-state index in [1.807, 2.05) is 84.9 Å². The molecule has 178 valence electrons. The fraction of sp³-hybridized carbons (Fsp3) is 0.129. The molecule has 1 N–H and O–H groups in total. The number of carbonyl (C=O) groups excluding carboxylic acids is 2. The predicted octanol–water partition coefficient (Wildman–Crippen LogP) is 5.31. The van der Waals surface area contributed by atoms with Crippen LogP contribution in [-0.4, -0.2) is 18.4 Å². The van der Waals surface area contributed by atoms with Gasteiger partial charge >= 0.3 is 0 Å². The van der Waals surface area contributed by atoms with Crippen LogP contribution in [0.4, 0.5) is 5.69 Å². The Labute approximate surface area is 211 Å². The Bertz CT molecular complexity index is 1340. The number of carbonyl (C=O) groups is 2. The highest BCUT2D eigenvalue weighted by molar-refractivity contribution is 6.06. The molecule has 0 saturated heterocycles. The van der Waals surface area contributed by atoms with Crippen molar-refractivity contribution in [3.05, 3.63) is 137 Å². The molecule has 4 aromatic rings. The van der Waals surface area contributed by atoms with Crippen LogP contribution in [-0.2, 0) is 24.2 Å². The number of amides is 2. The number of nitrogens with one attached hydrogen (secondary N) is 1. The van der Waals surface area contributed by atoms with Gasteiger partial charge in [0.2, 0.25) is 5.91 Å². The van der Waals surface area contributed by atoms with Gasteiger partial charge in [-0.25, -0.2) is 0 Å². The van der Waals surface area contributed by atoms with E-state index in [0.29, 0.717) is 29.9 Å². The quantitative estimate of drug-likeness (QED) is 0.358. The summed E-state index contributed by atoms with van der Waals surface area (Å²) >= 11 is 0. The van der Waals surface area contributed by atoms with Crippen molar-refractivity contribution in [2.24, 2.45) is 0 Å². The molecule has 0 bridgehead atoms. The number of nitrogens with zero attached hydrogens (tertiary/aromatic N) is 2. The Kier molecular flexibility index (Phi) is 8.24. The maximum atomic E-state index is 13.5. The minimum atomic E-state index is -0.173. The molecule has 0 aliphatic carbocycles. The SMILES string of the molecule is N#Cc1ccc(C(=O)N(Cc2ccccc2)c2cccc(CC(=O)NCCc3ccccc3)c2)cc1. The highest BCUT2D eigenvalue weighted by Gasteiger charge is 2.19. The zero-order valence-electron chi connectivity index (χ0n) is 19.9. The van der Waals surface area contributed by atoms with Gasteiger partial charge in [0.25, 0.3) is 5.91 Å². The van der Waals surface area contributed by atoms with E-state index < -0.39 is 0 Å². The number of anilines is 1. The second-order valence-electron chi connectivity index (χ2n) is 8.50. The molecule has 0 radical (unpaired) electrons. The maximum Gasteiger partial charge on any atom is 0.258 e. The topological polar surface area (TPSA) is 73.2 Å². The highest BCUT2D eigenvalue weighted by atomic mass is 16.2. The van der Waals surface area contributed by atoms with Crippen LogP contribution < -0.4 is 10.2 Å². The van der Waals surface area contributed by atoms with Gasteiger partial charge in [-0.05, 0) is 59.5 Å². The zero-order valence-corrected chi connectivity index (χ0v) is 19.9. The van der Waals surface area contributed by atoms with Crippen molar-refractivity contribution in [2.75, 3.05) is 11.4 Å². The lowest BCUT2D eigenvalue weighted by Crippen LogP contribution is -2.31. The van der Waals surface area contributed by atoms with E-state index in [-0.39, 0.29) is 18.2 Å². The molecule has 4 rings (SSSR count). The molecule has 0 fully saturated rings. The molecule has 0 unspecified atom stereocenters. The number of rotatable bonds is 9. The summed E-state index contributed by atoms with van der Waals surface area (Å²) in [6.07, 6.45) is 1.00. The van der Waals surface area contributed by atoms with E-state index in [1.165, 1.54) is 5.56 Å². The summed E-state index contributed by atoms with van der Waals surface area (Å²) in [5.74, 6) is -0.232. The summed E-state index contributed by atoms with van der Waals surface area (Å²) in [6, 6.07) is 36.0. The Morgan fingerprint density at radius 3 is 2.06 bits per heavy atom. The van der Waals surface area contributed by atoms with Crippen molar-refractivity contribution >= 4 is 17.5 Å². The number of hydrogen-bond acceptors (Lipinski definition) is 3. The van der Waals surface area contributed by atoms with Crippen LogP contribution in [0.2, 0.25) is 0 Å². The third-order valence-corrected chi connectivity index (χ3v) is 5.86. The van der Waals surface area contributed by atoms with Crippen molar-refractivity contribution in [1.29, 1.82) is 5.26 Å². The van der Waals surface area contributed by atoms with Crippen LogP contribution in [0.15, 0.2) is 109 Å². The molecular weight excluding hydrogens is 446 g/mol. The van der Waals surface area contributed by atoms with Crippen molar-refractivity contribution in [3.63, 3.8) is 0 Å². The Balaban J connectivity index is 1.49. The summed E-state index contributed by atoms with van der Waals surface area (Å²) in [4.78, 5) is 27.8. The van der Waals surface area contributed by atoms with Gasteiger partial charge in [0, 0.05) is 17.8 Å². The Hall–Kier alpha value is -4.69. The molecule has 0 aliphatic heterocycles. The second-order valence-corrected chi connectivity index (χ2v) is 8.50. The van der Waals surface area contributed by atoms with Crippen molar-refractivity contribution in [3.8, 4) is 6.07 Å². The number of nitriles is 1. The highest BCUT2D eigenvalue weighted by Crippen LogP contribution is 2.22. The van der Waals surface area contributed by atoms with E-state index in [1.54, 1.807) is 29.2 Å². The van der Waals surface area contributed by atoms with Gasteiger partial charge in [-0.1, -0.05) is 72.8 Å². The van der Waals surface area contributed by atoms with Crippen LogP contribution in [0, 0.1) is 11.3 Å². The Morgan fingerprint density at radius 1 is 0.750 bits per heavy atom. The van der Waals surface area contributed by atoms with Gasteiger partial charge in [-0.15, -0.1) is 0 Å². The Morgan fingerprint density at radius 2 is 1.39 bits per heavy atom. The third-order valence-electron chi connectivity index (χ3n) is 5.86. The molecule has 0 atom stereocenters. The zero-order chi connectivity index (χ0) is 25.2. The maximum absolute atomic E-state index is 13.5. The summed E-state index contributed by atoms with van der Waals surface area (Å²) < 4.78 is 0. The smallest absolute Gasteiger partial charge is 0.258 e. The molecule has 36 heavy (non-hydrogen) atoms. The number of hydrogen-bond donors (Lipinski definition) is 1. The summed E-state index contributed by atoms with van der Waals surface area (Å²) in [6.45, 7) is 0.951. The largest absolute Gasteiger partial charge is 0.355 e. The summed E-state index contributed by atoms with van der Waals surface area (Å²) in [5.41, 5.74) is 4.70. The van der Waals surface area contributed by atoms with Gasteiger partial charge in [-0.2, -0.15) is 5.26 Å². The lowest BCUT2D eigenvalue weighted by Gasteiger charge is -2.24. The van der Waals surface area contributed by atoms with Gasteiger partial charge in [0.1, 0.15) is 0 Å². The summed E-state index contributed by atoms with van der Waals surface area (Å²) in [7, 11) is 0. The fourth-order valence-electron chi connectivity index (χ4n) is 3.96. The molecule has 5 nitrogen and oxygen atoms in total. The first kappa shape index (κ1) is 24.4. The molecule has 0 spiro atoms. The molecule has 0 aromatic heterocycles. The third kappa shape index (κ3) is 6.68. The van der Waals surface area contributed by atoms with Crippen LogP contribution in [0.3, 0.4) is 0 Å². The second kappa shape index (κ2) is 12.1. The molecule has 5 heteroatoms. The first-order valence-corrected chi connectivity index (χ1v) is 11.9. The van der Waals surface area contributed by atoms with Crippen molar-refractivity contribution in [1.82, 2.24) is 5.32 Å². The average Bonchev–Trinajstić information content (AvgIpc) is 2.93. The normalized spacial score (nSPS) is 10.3. The van der Waals surface area contributed by atoms with Crippen molar-refractivity contribution < 1.29 is 9.59 Å². The van der Waals surface area contributed by atoms with Gasteiger partial charge in [0.05, 0.1) is 24.6 Å². The minimum Gasteiger partial charge on any atom is -0.355 e. The van der Waals surface area contributed by atoms with E-state index in [9.17, 15) is 9.59 Å². The predicted molar refractivity (Wildman–Crippen MR) is 141 cm³/mol. The first-order valence-electron chi connectivity index (χ1n) is 11.9.